The smallest absolute Gasteiger partial charge is 0.303 e. The minimum Gasteiger partial charge on any atom is -0.497 e. The molecule has 0 heterocycles. The van der Waals surface area contributed by atoms with Crippen LogP contribution in [0, 0.1) is 0 Å². The fourth-order valence-electron chi connectivity index (χ4n) is 2.42. The van der Waals surface area contributed by atoms with Crippen molar-refractivity contribution in [3.63, 3.8) is 0 Å². The second-order valence-corrected chi connectivity index (χ2v) is 4.25. The van der Waals surface area contributed by atoms with Crippen LogP contribution in [0.3, 0.4) is 0 Å². The molecule has 1 aromatic rings. The number of aliphatic carboxylic acids is 1. The third kappa shape index (κ3) is 2.18. The van der Waals surface area contributed by atoms with Crippen molar-refractivity contribution >= 4 is 5.97 Å². The molecule has 1 N–H and O–H groups in total. The summed E-state index contributed by atoms with van der Waals surface area (Å²) in [6.45, 7) is 0. The van der Waals surface area contributed by atoms with E-state index in [0.29, 0.717) is 0 Å². The fourth-order valence-corrected chi connectivity index (χ4v) is 2.42. The Morgan fingerprint density at radius 1 is 1.56 bits per heavy atom. The third-order valence-corrected chi connectivity index (χ3v) is 3.21. The van der Waals surface area contributed by atoms with Crippen LogP contribution in [0.15, 0.2) is 18.2 Å². The van der Waals surface area contributed by atoms with Gasteiger partial charge in [-0.1, -0.05) is 6.07 Å². The van der Waals surface area contributed by atoms with Gasteiger partial charge < -0.3 is 9.84 Å². The third-order valence-electron chi connectivity index (χ3n) is 3.21. The topological polar surface area (TPSA) is 46.5 Å². The monoisotopic (exact) mass is 220 g/mol. The first-order chi connectivity index (χ1) is 7.70. The van der Waals surface area contributed by atoms with Crippen molar-refractivity contribution in [2.75, 3.05) is 7.11 Å². The molecule has 2 rings (SSSR count). The van der Waals surface area contributed by atoms with Crippen molar-refractivity contribution in [3.8, 4) is 5.75 Å². The fraction of sp³-hybridized carbons (Fsp3) is 0.462. The minimum absolute atomic E-state index is 0.149. The lowest BCUT2D eigenvalue weighted by atomic mass is 9.81. The molecule has 0 amide bonds. The van der Waals surface area contributed by atoms with Gasteiger partial charge in [-0.05, 0) is 48.4 Å². The quantitative estimate of drug-likeness (QED) is 0.851. The SMILES string of the molecule is COc1ccc2c(c1)C(CC(=O)O)CCC2. The van der Waals surface area contributed by atoms with Gasteiger partial charge in [0.1, 0.15) is 5.75 Å². The summed E-state index contributed by atoms with van der Waals surface area (Å²) >= 11 is 0. The molecule has 1 unspecified atom stereocenters. The van der Waals surface area contributed by atoms with Crippen molar-refractivity contribution in [3.05, 3.63) is 29.3 Å². The second kappa shape index (κ2) is 4.56. The van der Waals surface area contributed by atoms with Gasteiger partial charge >= 0.3 is 5.97 Å². The summed E-state index contributed by atoms with van der Waals surface area (Å²) in [7, 11) is 1.64. The van der Waals surface area contributed by atoms with Crippen LogP contribution in [0.4, 0.5) is 0 Å². The number of methoxy groups -OCH3 is 1. The number of hydrogen-bond donors (Lipinski definition) is 1. The molecular formula is C13H16O3. The van der Waals surface area contributed by atoms with Crippen molar-refractivity contribution in [2.24, 2.45) is 0 Å². The standard InChI is InChI=1S/C13H16O3/c1-16-11-6-5-9-3-2-4-10(7-13(14)15)12(9)8-11/h5-6,8,10H,2-4,7H2,1H3,(H,14,15). The molecule has 86 valence electrons. The molecule has 3 heteroatoms. The van der Waals surface area contributed by atoms with E-state index in [-0.39, 0.29) is 12.3 Å². The van der Waals surface area contributed by atoms with Gasteiger partial charge in [-0.15, -0.1) is 0 Å². The van der Waals surface area contributed by atoms with Crippen LogP contribution < -0.4 is 4.74 Å². The Bertz CT molecular complexity index is 398. The van der Waals surface area contributed by atoms with E-state index in [1.807, 2.05) is 12.1 Å². The van der Waals surface area contributed by atoms with E-state index in [1.54, 1.807) is 7.11 Å². The van der Waals surface area contributed by atoms with Gasteiger partial charge in [0.15, 0.2) is 0 Å². The highest BCUT2D eigenvalue weighted by atomic mass is 16.5. The zero-order valence-electron chi connectivity index (χ0n) is 9.40. The van der Waals surface area contributed by atoms with Crippen LogP contribution in [0.5, 0.6) is 5.75 Å². The first kappa shape index (κ1) is 11.0. The molecule has 1 aliphatic rings. The molecule has 1 aromatic carbocycles. The molecule has 0 radical (unpaired) electrons. The first-order valence-corrected chi connectivity index (χ1v) is 5.59. The molecular weight excluding hydrogens is 204 g/mol. The van der Waals surface area contributed by atoms with E-state index >= 15 is 0 Å². The van der Waals surface area contributed by atoms with Gasteiger partial charge in [0.2, 0.25) is 0 Å². The Balaban J connectivity index is 2.31. The summed E-state index contributed by atoms with van der Waals surface area (Å²) in [5.74, 6) is 0.244. The first-order valence-electron chi connectivity index (χ1n) is 5.59. The van der Waals surface area contributed by atoms with Crippen molar-refractivity contribution in [1.82, 2.24) is 0 Å². The molecule has 3 nitrogen and oxygen atoms in total. The van der Waals surface area contributed by atoms with E-state index < -0.39 is 5.97 Å². The number of benzene rings is 1. The highest BCUT2D eigenvalue weighted by molar-refractivity contribution is 5.68. The maximum atomic E-state index is 10.8. The number of aryl methyl sites for hydroxylation is 1. The maximum Gasteiger partial charge on any atom is 0.303 e. The molecule has 1 atom stereocenters. The Kier molecular flexibility index (Phi) is 3.13. The highest BCUT2D eigenvalue weighted by Gasteiger charge is 2.22. The number of rotatable bonds is 3. The molecule has 0 saturated carbocycles. The number of carboxylic acids is 1. The van der Waals surface area contributed by atoms with Crippen molar-refractivity contribution in [2.45, 2.75) is 31.6 Å². The average molecular weight is 220 g/mol. The Hall–Kier alpha value is -1.51. The molecule has 0 fully saturated rings. The number of carbonyl (C=O) groups is 1. The van der Waals surface area contributed by atoms with Crippen molar-refractivity contribution in [1.29, 1.82) is 0 Å². The van der Waals surface area contributed by atoms with E-state index in [0.717, 1.165) is 30.6 Å². The number of ether oxygens (including phenoxy) is 1. The lowest BCUT2D eigenvalue weighted by Gasteiger charge is -2.24. The predicted molar refractivity (Wildman–Crippen MR) is 60.9 cm³/mol. The number of carboxylic acid groups (broad SMARTS) is 1. The summed E-state index contributed by atoms with van der Waals surface area (Å²) in [4.78, 5) is 10.8. The summed E-state index contributed by atoms with van der Waals surface area (Å²) in [5, 5.41) is 8.89. The maximum absolute atomic E-state index is 10.8. The Labute approximate surface area is 95.0 Å². The summed E-state index contributed by atoms with van der Waals surface area (Å²) < 4.78 is 5.19. The van der Waals surface area contributed by atoms with Gasteiger partial charge in [0.25, 0.3) is 0 Å². The van der Waals surface area contributed by atoms with Gasteiger partial charge in [-0.25, -0.2) is 0 Å². The number of fused-ring (bicyclic) bond motifs is 1. The van der Waals surface area contributed by atoms with Crippen molar-refractivity contribution < 1.29 is 14.6 Å². The largest absolute Gasteiger partial charge is 0.497 e. The minimum atomic E-state index is -0.722. The summed E-state index contributed by atoms with van der Waals surface area (Å²) in [6.07, 6.45) is 3.32. The normalized spacial score (nSPS) is 18.9. The molecule has 0 spiro atoms. The van der Waals surface area contributed by atoms with E-state index in [2.05, 4.69) is 6.07 Å². The van der Waals surface area contributed by atoms with Crippen LogP contribution in [0.25, 0.3) is 0 Å². The van der Waals surface area contributed by atoms with Crippen LogP contribution in [0.2, 0.25) is 0 Å². The molecule has 0 aliphatic heterocycles. The highest BCUT2D eigenvalue weighted by Crippen LogP contribution is 2.35. The average Bonchev–Trinajstić information content (AvgIpc) is 2.28. The van der Waals surface area contributed by atoms with Gasteiger partial charge in [0, 0.05) is 0 Å². The number of hydrogen-bond acceptors (Lipinski definition) is 2. The Morgan fingerprint density at radius 2 is 2.38 bits per heavy atom. The molecule has 16 heavy (non-hydrogen) atoms. The predicted octanol–water partition coefficient (Wildman–Crippen LogP) is 2.59. The summed E-state index contributed by atoms with van der Waals surface area (Å²) in [6, 6.07) is 5.99. The lowest BCUT2D eigenvalue weighted by molar-refractivity contribution is -0.137. The van der Waals surface area contributed by atoms with Crippen LogP contribution in [0.1, 0.15) is 36.3 Å². The molecule has 0 bridgehead atoms. The lowest BCUT2D eigenvalue weighted by Crippen LogP contribution is -2.13. The molecule has 0 aromatic heterocycles. The van der Waals surface area contributed by atoms with Crippen LogP contribution >= 0.6 is 0 Å². The zero-order chi connectivity index (χ0) is 11.5. The van der Waals surface area contributed by atoms with Crippen LogP contribution in [-0.4, -0.2) is 18.2 Å². The van der Waals surface area contributed by atoms with Gasteiger partial charge in [-0.3, -0.25) is 4.79 Å². The summed E-state index contributed by atoms with van der Waals surface area (Å²) in [5.41, 5.74) is 2.44. The molecule has 0 saturated heterocycles. The van der Waals surface area contributed by atoms with Gasteiger partial charge in [0.05, 0.1) is 13.5 Å². The van der Waals surface area contributed by atoms with E-state index in [1.165, 1.54) is 5.56 Å². The van der Waals surface area contributed by atoms with Gasteiger partial charge in [-0.2, -0.15) is 0 Å². The molecule has 1 aliphatic carbocycles. The van der Waals surface area contributed by atoms with Crippen LogP contribution in [-0.2, 0) is 11.2 Å². The second-order valence-electron chi connectivity index (χ2n) is 4.25. The zero-order valence-corrected chi connectivity index (χ0v) is 9.40. The Morgan fingerprint density at radius 3 is 3.06 bits per heavy atom. The van der Waals surface area contributed by atoms with E-state index in [4.69, 9.17) is 9.84 Å². The van der Waals surface area contributed by atoms with E-state index in [9.17, 15) is 4.79 Å².